The normalized spacial score (nSPS) is 10.8. The molecule has 0 atom stereocenters. The van der Waals surface area contributed by atoms with Crippen molar-refractivity contribution in [1.29, 1.82) is 0 Å². The van der Waals surface area contributed by atoms with Gasteiger partial charge >= 0.3 is 0 Å². The lowest BCUT2D eigenvalue weighted by Crippen LogP contribution is -1.97. The summed E-state index contributed by atoms with van der Waals surface area (Å²) in [7, 11) is 0. The van der Waals surface area contributed by atoms with E-state index in [1.807, 2.05) is 19.2 Å². The van der Waals surface area contributed by atoms with Gasteiger partial charge in [0, 0.05) is 34.3 Å². The topological polar surface area (TPSA) is 88.9 Å². The fourth-order valence-corrected chi connectivity index (χ4v) is 3.81. The number of aromatic amines is 1. The van der Waals surface area contributed by atoms with Crippen LogP contribution in [0.3, 0.4) is 0 Å². The molecule has 0 saturated heterocycles. The number of carbonyl (C=O) groups is 1. The summed E-state index contributed by atoms with van der Waals surface area (Å²) in [4.78, 5) is 30.3. The maximum absolute atomic E-state index is 11.9. The molecule has 0 radical (unpaired) electrons. The molecule has 3 aromatic rings. The third kappa shape index (κ3) is 3.10. The summed E-state index contributed by atoms with van der Waals surface area (Å²) in [6, 6.07) is 6.43. The number of nitro groups is 1. The maximum Gasteiger partial charge on any atom is 0.270 e. The molecule has 2 aromatic heterocycles. The molecule has 0 saturated carbocycles. The Balaban J connectivity index is 2.06. The summed E-state index contributed by atoms with van der Waals surface area (Å²) in [6.07, 6.45) is 0.720. The van der Waals surface area contributed by atoms with Gasteiger partial charge < -0.3 is 4.98 Å². The minimum absolute atomic E-state index is 0.0333. The Morgan fingerprint density at radius 1 is 1.40 bits per heavy atom. The second-order valence-electron chi connectivity index (χ2n) is 5.73. The van der Waals surface area contributed by atoms with Crippen molar-refractivity contribution in [3.63, 3.8) is 0 Å². The Hall–Kier alpha value is -2.80. The van der Waals surface area contributed by atoms with E-state index in [-0.39, 0.29) is 11.5 Å². The van der Waals surface area contributed by atoms with Crippen LogP contribution >= 0.6 is 11.3 Å². The highest BCUT2D eigenvalue weighted by atomic mass is 32.1. The lowest BCUT2D eigenvalue weighted by Gasteiger charge is -2.01. The molecule has 0 unspecified atom stereocenters. The van der Waals surface area contributed by atoms with E-state index in [2.05, 4.69) is 9.97 Å². The number of hydrogen-bond acceptors (Lipinski definition) is 5. The predicted molar refractivity (Wildman–Crippen MR) is 98.1 cm³/mol. The van der Waals surface area contributed by atoms with E-state index < -0.39 is 4.92 Å². The maximum atomic E-state index is 11.9. The van der Waals surface area contributed by atoms with Crippen LogP contribution in [0.2, 0.25) is 0 Å². The molecule has 0 aliphatic heterocycles. The first-order valence-electron chi connectivity index (χ1n) is 7.85. The lowest BCUT2D eigenvalue weighted by molar-refractivity contribution is -0.384. The number of rotatable bonds is 5. The van der Waals surface area contributed by atoms with Crippen LogP contribution in [0.4, 0.5) is 5.69 Å². The van der Waals surface area contributed by atoms with Crippen LogP contribution in [0.5, 0.6) is 0 Å². The number of non-ortho nitro benzene ring substituents is 1. The monoisotopic (exact) mass is 355 g/mol. The molecule has 0 fully saturated rings. The van der Waals surface area contributed by atoms with Crippen LogP contribution in [0.1, 0.15) is 35.5 Å². The number of Topliss-reactive ketones (excluding diaryl/α,β-unsaturated/α-hetero) is 1. The van der Waals surface area contributed by atoms with Gasteiger partial charge in [0.25, 0.3) is 5.69 Å². The number of H-pyrrole nitrogens is 1. The van der Waals surface area contributed by atoms with Gasteiger partial charge in [-0.3, -0.25) is 14.9 Å². The van der Waals surface area contributed by atoms with Crippen molar-refractivity contribution in [2.24, 2.45) is 0 Å². The number of nitro benzene ring substituents is 1. The third-order valence-electron chi connectivity index (χ3n) is 4.06. The summed E-state index contributed by atoms with van der Waals surface area (Å²) < 4.78 is 0. The van der Waals surface area contributed by atoms with Gasteiger partial charge in [0.05, 0.1) is 16.3 Å². The van der Waals surface area contributed by atoms with Crippen molar-refractivity contribution in [2.45, 2.75) is 27.2 Å². The fraction of sp³-hybridized carbons (Fsp3) is 0.222. The third-order valence-corrected chi connectivity index (χ3v) is 4.95. The summed E-state index contributed by atoms with van der Waals surface area (Å²) >= 11 is 1.42. The molecule has 6 nitrogen and oxygen atoms in total. The second-order valence-corrected chi connectivity index (χ2v) is 6.59. The van der Waals surface area contributed by atoms with E-state index in [0.29, 0.717) is 10.6 Å². The standard InChI is InChI=1S/C18H17N3O3S/c1-4-14-16(11(3)22)10(2)19-17(14)15-9-25-18(20-15)12-6-5-7-13(8-12)21(23)24/h5-9,19H,4H2,1-3H3. The minimum Gasteiger partial charge on any atom is -0.356 e. The molecule has 0 spiro atoms. The molecule has 2 heterocycles. The first kappa shape index (κ1) is 17.0. The van der Waals surface area contributed by atoms with E-state index in [9.17, 15) is 14.9 Å². The van der Waals surface area contributed by atoms with Gasteiger partial charge in [-0.25, -0.2) is 4.98 Å². The zero-order valence-electron chi connectivity index (χ0n) is 14.1. The Bertz CT molecular complexity index is 972. The molecule has 0 aliphatic rings. The van der Waals surface area contributed by atoms with Crippen molar-refractivity contribution < 1.29 is 9.72 Å². The number of carbonyl (C=O) groups excluding carboxylic acids is 1. The molecule has 25 heavy (non-hydrogen) atoms. The van der Waals surface area contributed by atoms with Crippen molar-refractivity contribution >= 4 is 22.8 Å². The van der Waals surface area contributed by atoms with Gasteiger partial charge in [-0.2, -0.15) is 0 Å². The molecule has 0 amide bonds. The van der Waals surface area contributed by atoms with Crippen LogP contribution in [0, 0.1) is 17.0 Å². The van der Waals surface area contributed by atoms with E-state index in [0.717, 1.165) is 34.6 Å². The van der Waals surface area contributed by atoms with Gasteiger partial charge in [-0.1, -0.05) is 19.1 Å². The number of aromatic nitrogens is 2. The summed E-state index contributed by atoms with van der Waals surface area (Å²) in [6.45, 7) is 5.45. The number of ketones is 1. The highest BCUT2D eigenvalue weighted by Gasteiger charge is 2.20. The quantitative estimate of drug-likeness (QED) is 0.405. The lowest BCUT2D eigenvalue weighted by atomic mass is 10.0. The average Bonchev–Trinajstić information content (AvgIpc) is 3.18. The van der Waals surface area contributed by atoms with Crippen LogP contribution < -0.4 is 0 Å². The number of thiazole rings is 1. The van der Waals surface area contributed by atoms with E-state index in [4.69, 9.17) is 0 Å². The van der Waals surface area contributed by atoms with Crippen molar-refractivity contribution in [3.05, 3.63) is 56.6 Å². The Morgan fingerprint density at radius 3 is 2.80 bits per heavy atom. The Morgan fingerprint density at radius 2 is 2.16 bits per heavy atom. The number of nitrogens with zero attached hydrogens (tertiary/aromatic N) is 2. The Kier molecular flexibility index (Phi) is 4.50. The number of benzene rings is 1. The number of hydrogen-bond donors (Lipinski definition) is 1. The van der Waals surface area contributed by atoms with Gasteiger partial charge in [0.2, 0.25) is 0 Å². The largest absolute Gasteiger partial charge is 0.356 e. The summed E-state index contributed by atoms with van der Waals surface area (Å²) in [5.41, 5.74) is 4.86. The van der Waals surface area contributed by atoms with E-state index >= 15 is 0 Å². The van der Waals surface area contributed by atoms with Gasteiger partial charge in [0.1, 0.15) is 5.01 Å². The van der Waals surface area contributed by atoms with Crippen LogP contribution in [-0.4, -0.2) is 20.7 Å². The summed E-state index contributed by atoms with van der Waals surface area (Å²) in [5, 5.41) is 13.6. The summed E-state index contributed by atoms with van der Waals surface area (Å²) in [5.74, 6) is 0.0333. The number of aryl methyl sites for hydroxylation is 1. The molecule has 1 N–H and O–H groups in total. The van der Waals surface area contributed by atoms with Crippen LogP contribution in [0.15, 0.2) is 29.6 Å². The smallest absolute Gasteiger partial charge is 0.270 e. The first-order chi connectivity index (χ1) is 11.9. The molecule has 128 valence electrons. The number of nitrogens with one attached hydrogen (secondary N) is 1. The highest BCUT2D eigenvalue weighted by molar-refractivity contribution is 7.13. The fourth-order valence-electron chi connectivity index (χ4n) is 3.00. The van der Waals surface area contributed by atoms with Gasteiger partial charge in [-0.15, -0.1) is 11.3 Å². The van der Waals surface area contributed by atoms with Gasteiger partial charge in [-0.05, 0) is 25.8 Å². The molecule has 7 heteroatoms. The van der Waals surface area contributed by atoms with Crippen LogP contribution in [0.25, 0.3) is 22.0 Å². The zero-order chi connectivity index (χ0) is 18.1. The van der Waals surface area contributed by atoms with Crippen molar-refractivity contribution in [1.82, 2.24) is 9.97 Å². The molecular weight excluding hydrogens is 338 g/mol. The Labute approximate surface area is 148 Å². The predicted octanol–water partition coefficient (Wildman–Crippen LogP) is 4.79. The van der Waals surface area contributed by atoms with Gasteiger partial charge in [0.15, 0.2) is 5.78 Å². The molecular formula is C18H17N3O3S. The minimum atomic E-state index is -0.416. The molecule has 0 aliphatic carbocycles. The van der Waals surface area contributed by atoms with E-state index in [1.165, 1.54) is 23.5 Å². The SMILES string of the molecule is CCc1c(-c2csc(-c3cccc([N+](=O)[O-])c3)n2)[nH]c(C)c1C(C)=O. The van der Waals surface area contributed by atoms with Crippen molar-refractivity contribution in [2.75, 3.05) is 0 Å². The highest BCUT2D eigenvalue weighted by Crippen LogP contribution is 2.33. The van der Waals surface area contributed by atoms with E-state index in [1.54, 1.807) is 19.1 Å². The van der Waals surface area contributed by atoms with Crippen LogP contribution in [-0.2, 0) is 6.42 Å². The molecule has 0 bridgehead atoms. The molecule has 1 aromatic carbocycles. The average molecular weight is 355 g/mol. The molecule has 3 rings (SSSR count). The second kappa shape index (κ2) is 6.60. The van der Waals surface area contributed by atoms with Crippen molar-refractivity contribution in [3.8, 4) is 22.0 Å². The zero-order valence-corrected chi connectivity index (χ0v) is 14.9. The first-order valence-corrected chi connectivity index (χ1v) is 8.73.